The molecule has 0 aliphatic heterocycles. The molecule has 0 aromatic heterocycles. The maximum Gasteiger partial charge on any atom is 0.132 e. The van der Waals surface area contributed by atoms with Crippen LogP contribution in [0.15, 0.2) is 42.5 Å². The first-order valence-electron chi connectivity index (χ1n) is 6.54. The zero-order valence-electron chi connectivity index (χ0n) is 11.9. The van der Waals surface area contributed by atoms with Gasteiger partial charge in [0.15, 0.2) is 0 Å². The fourth-order valence-electron chi connectivity index (χ4n) is 2.01. The van der Waals surface area contributed by atoms with E-state index in [9.17, 15) is 8.78 Å². The second-order valence-corrected chi connectivity index (χ2v) is 5.77. The topological polar surface area (TPSA) is 9.23 Å². The number of rotatable bonds is 3. The van der Waals surface area contributed by atoms with E-state index in [2.05, 4.69) is 20.8 Å². The van der Waals surface area contributed by atoms with E-state index in [0.717, 1.165) is 17.4 Å². The summed E-state index contributed by atoms with van der Waals surface area (Å²) in [5, 5.41) is 0. The summed E-state index contributed by atoms with van der Waals surface area (Å²) >= 11 is 0. The molecular formula is C17H18F2O. The monoisotopic (exact) mass is 276 g/mol. The standard InChI is InChI=1S/C17H18F2O/c1-17(2,3)14-6-4-5-7-16(14)20-11-12-8-9-13(18)10-15(12)19/h4-10H,11H2,1-3H3. The number of hydrogen-bond donors (Lipinski definition) is 0. The van der Waals surface area contributed by atoms with Crippen molar-refractivity contribution in [3.8, 4) is 5.75 Å². The fraction of sp³-hybridized carbons (Fsp3) is 0.294. The van der Waals surface area contributed by atoms with Gasteiger partial charge in [0.2, 0.25) is 0 Å². The van der Waals surface area contributed by atoms with Gasteiger partial charge in [0.1, 0.15) is 24.0 Å². The zero-order chi connectivity index (χ0) is 14.8. The Morgan fingerprint density at radius 2 is 1.70 bits per heavy atom. The van der Waals surface area contributed by atoms with Crippen LogP contribution in [0.2, 0.25) is 0 Å². The minimum atomic E-state index is -0.585. The Labute approximate surface area is 118 Å². The van der Waals surface area contributed by atoms with Crippen LogP contribution in [-0.2, 0) is 12.0 Å². The van der Waals surface area contributed by atoms with Crippen LogP contribution in [-0.4, -0.2) is 0 Å². The fourth-order valence-corrected chi connectivity index (χ4v) is 2.01. The number of para-hydroxylation sites is 1. The van der Waals surface area contributed by atoms with E-state index >= 15 is 0 Å². The van der Waals surface area contributed by atoms with Crippen molar-refractivity contribution in [3.63, 3.8) is 0 Å². The third kappa shape index (κ3) is 3.35. The first-order valence-corrected chi connectivity index (χ1v) is 6.54. The lowest BCUT2D eigenvalue weighted by molar-refractivity contribution is 0.291. The Balaban J connectivity index is 2.19. The van der Waals surface area contributed by atoms with Crippen molar-refractivity contribution < 1.29 is 13.5 Å². The lowest BCUT2D eigenvalue weighted by Gasteiger charge is -2.22. The molecule has 2 aromatic rings. The van der Waals surface area contributed by atoms with E-state index in [1.165, 1.54) is 12.1 Å². The molecule has 1 nitrogen and oxygen atoms in total. The summed E-state index contributed by atoms with van der Waals surface area (Å²) in [5.74, 6) is -0.441. The van der Waals surface area contributed by atoms with Crippen molar-refractivity contribution in [2.24, 2.45) is 0 Å². The first kappa shape index (κ1) is 14.5. The van der Waals surface area contributed by atoms with Gasteiger partial charge in [-0.1, -0.05) is 39.0 Å². The van der Waals surface area contributed by atoms with Gasteiger partial charge in [-0.2, -0.15) is 0 Å². The Morgan fingerprint density at radius 1 is 1.00 bits per heavy atom. The molecule has 0 heterocycles. The van der Waals surface area contributed by atoms with Crippen molar-refractivity contribution in [3.05, 3.63) is 65.2 Å². The highest BCUT2D eigenvalue weighted by Crippen LogP contribution is 2.31. The van der Waals surface area contributed by atoms with E-state index in [1.807, 2.05) is 24.3 Å². The van der Waals surface area contributed by atoms with Gasteiger partial charge >= 0.3 is 0 Å². The molecule has 0 amide bonds. The van der Waals surface area contributed by atoms with Crippen LogP contribution in [0, 0.1) is 11.6 Å². The largest absolute Gasteiger partial charge is 0.488 e. The van der Waals surface area contributed by atoms with E-state index in [4.69, 9.17) is 4.74 Å². The lowest BCUT2D eigenvalue weighted by Crippen LogP contribution is -2.13. The van der Waals surface area contributed by atoms with Gasteiger partial charge in [-0.15, -0.1) is 0 Å². The van der Waals surface area contributed by atoms with E-state index in [1.54, 1.807) is 0 Å². The van der Waals surface area contributed by atoms with Crippen LogP contribution in [0.4, 0.5) is 8.78 Å². The molecule has 0 bridgehead atoms. The Morgan fingerprint density at radius 3 is 2.35 bits per heavy atom. The summed E-state index contributed by atoms with van der Waals surface area (Å²) in [7, 11) is 0. The van der Waals surface area contributed by atoms with Gasteiger partial charge in [0.25, 0.3) is 0 Å². The van der Waals surface area contributed by atoms with Gasteiger partial charge < -0.3 is 4.74 Å². The van der Waals surface area contributed by atoms with Gasteiger partial charge in [0.05, 0.1) is 0 Å². The minimum absolute atomic E-state index is 0.0576. The van der Waals surface area contributed by atoms with Crippen LogP contribution >= 0.6 is 0 Å². The molecule has 0 N–H and O–H groups in total. The first-order chi connectivity index (χ1) is 9.38. The van der Waals surface area contributed by atoms with Gasteiger partial charge in [-0.05, 0) is 29.2 Å². The quantitative estimate of drug-likeness (QED) is 0.779. The molecule has 0 saturated heterocycles. The number of benzene rings is 2. The van der Waals surface area contributed by atoms with Gasteiger partial charge in [-0.25, -0.2) is 8.78 Å². The Bertz CT molecular complexity index is 600. The third-order valence-electron chi connectivity index (χ3n) is 3.09. The maximum atomic E-state index is 13.6. The second-order valence-electron chi connectivity index (χ2n) is 5.77. The molecule has 0 unspecified atom stereocenters. The molecule has 3 heteroatoms. The average Bonchev–Trinajstić information content (AvgIpc) is 2.37. The summed E-state index contributed by atoms with van der Waals surface area (Å²) in [6, 6.07) is 11.2. The smallest absolute Gasteiger partial charge is 0.132 e. The maximum absolute atomic E-state index is 13.6. The van der Waals surface area contributed by atoms with Crippen LogP contribution in [0.5, 0.6) is 5.75 Å². The summed E-state index contributed by atoms with van der Waals surface area (Å²) in [6.45, 7) is 6.36. The number of ether oxygens (including phenoxy) is 1. The normalized spacial score (nSPS) is 11.4. The second kappa shape index (κ2) is 5.61. The highest BCUT2D eigenvalue weighted by atomic mass is 19.1. The van der Waals surface area contributed by atoms with Crippen molar-refractivity contribution >= 4 is 0 Å². The molecule has 0 fully saturated rings. The molecule has 0 radical (unpaired) electrons. The number of hydrogen-bond acceptors (Lipinski definition) is 1. The lowest BCUT2D eigenvalue weighted by atomic mass is 9.86. The minimum Gasteiger partial charge on any atom is -0.488 e. The predicted octanol–water partition coefficient (Wildman–Crippen LogP) is 4.84. The molecule has 0 aliphatic rings. The molecule has 0 aliphatic carbocycles. The average molecular weight is 276 g/mol. The van der Waals surface area contributed by atoms with E-state index in [0.29, 0.717) is 5.56 Å². The van der Waals surface area contributed by atoms with Crippen LogP contribution in [0.1, 0.15) is 31.9 Å². The SMILES string of the molecule is CC(C)(C)c1ccccc1OCc1ccc(F)cc1F. The predicted molar refractivity (Wildman–Crippen MR) is 75.8 cm³/mol. The highest BCUT2D eigenvalue weighted by Gasteiger charge is 2.18. The molecule has 0 spiro atoms. The molecule has 106 valence electrons. The van der Waals surface area contributed by atoms with Crippen molar-refractivity contribution in [1.29, 1.82) is 0 Å². The van der Waals surface area contributed by atoms with Gasteiger partial charge in [0, 0.05) is 11.6 Å². The zero-order valence-corrected chi connectivity index (χ0v) is 11.9. The van der Waals surface area contributed by atoms with Crippen LogP contribution < -0.4 is 4.74 Å². The molecule has 2 rings (SSSR count). The molecule has 20 heavy (non-hydrogen) atoms. The van der Waals surface area contributed by atoms with Crippen molar-refractivity contribution in [1.82, 2.24) is 0 Å². The Hall–Kier alpha value is -1.90. The molecule has 0 saturated carbocycles. The summed E-state index contributed by atoms with van der Waals surface area (Å²) in [5.41, 5.74) is 1.34. The number of halogens is 2. The third-order valence-corrected chi connectivity index (χ3v) is 3.09. The van der Waals surface area contributed by atoms with Crippen molar-refractivity contribution in [2.75, 3.05) is 0 Å². The molecule has 2 aromatic carbocycles. The highest BCUT2D eigenvalue weighted by molar-refractivity contribution is 5.38. The summed E-state index contributed by atoms with van der Waals surface area (Å²) in [4.78, 5) is 0. The summed E-state index contributed by atoms with van der Waals surface area (Å²) in [6.07, 6.45) is 0. The molecular weight excluding hydrogens is 258 g/mol. The van der Waals surface area contributed by atoms with Gasteiger partial charge in [-0.3, -0.25) is 0 Å². The van der Waals surface area contributed by atoms with Crippen LogP contribution in [0.25, 0.3) is 0 Å². The van der Waals surface area contributed by atoms with Crippen molar-refractivity contribution in [2.45, 2.75) is 32.8 Å². The van der Waals surface area contributed by atoms with E-state index in [-0.39, 0.29) is 12.0 Å². The van der Waals surface area contributed by atoms with Crippen LogP contribution in [0.3, 0.4) is 0 Å². The molecule has 0 atom stereocenters. The summed E-state index contributed by atoms with van der Waals surface area (Å²) < 4.78 is 32.1. The van der Waals surface area contributed by atoms with E-state index < -0.39 is 11.6 Å². The Kier molecular flexibility index (Phi) is 4.07.